The molecule has 2 fully saturated rings. The van der Waals surface area contributed by atoms with Gasteiger partial charge in [-0.15, -0.1) is 11.8 Å². The summed E-state index contributed by atoms with van der Waals surface area (Å²) in [5.74, 6) is 1.41. The summed E-state index contributed by atoms with van der Waals surface area (Å²) in [6.07, 6.45) is 5.55. The Bertz CT molecular complexity index is 754. The number of thioether (sulfide) groups is 1. The van der Waals surface area contributed by atoms with Crippen molar-refractivity contribution in [3.63, 3.8) is 0 Å². The van der Waals surface area contributed by atoms with Crippen LogP contribution in [0.3, 0.4) is 0 Å². The fourth-order valence-electron chi connectivity index (χ4n) is 4.51. The second kappa shape index (κ2) is 7.92. The predicted octanol–water partition coefficient (Wildman–Crippen LogP) is 2.14. The number of amides is 2. The Balaban J connectivity index is 1.47. The van der Waals surface area contributed by atoms with E-state index < -0.39 is 0 Å². The highest BCUT2D eigenvalue weighted by atomic mass is 32.2. The quantitative estimate of drug-likeness (QED) is 0.490. The SMILES string of the molecule is O=C([C@H]1CCCN1C(=O)[C@H]1CCc2ccccc2C1)N1CSC[C@H]1C=NO. The van der Waals surface area contributed by atoms with Gasteiger partial charge in [0.1, 0.15) is 6.04 Å². The van der Waals surface area contributed by atoms with Gasteiger partial charge in [-0.3, -0.25) is 9.59 Å². The van der Waals surface area contributed by atoms with Crippen molar-refractivity contribution in [2.24, 2.45) is 11.1 Å². The average molecular weight is 388 g/mol. The van der Waals surface area contributed by atoms with Gasteiger partial charge in [-0.2, -0.15) is 0 Å². The standard InChI is InChI=1S/C20H25N3O3S/c24-19(16-8-7-14-4-1-2-5-15(14)10-16)22-9-3-6-18(22)20(25)23-13-27-12-17(23)11-21-26/h1-2,4-5,11,16-18,26H,3,6-10,12-13H2/t16-,17+,18+/m0/s1. The van der Waals surface area contributed by atoms with Gasteiger partial charge in [0.15, 0.2) is 0 Å². The van der Waals surface area contributed by atoms with E-state index >= 15 is 0 Å². The summed E-state index contributed by atoms with van der Waals surface area (Å²) in [6, 6.07) is 7.78. The number of likely N-dealkylation sites (tertiary alicyclic amines) is 1. The maximum atomic E-state index is 13.2. The lowest BCUT2D eigenvalue weighted by Gasteiger charge is -2.33. The lowest BCUT2D eigenvalue weighted by molar-refractivity contribution is -0.145. The molecule has 3 atom stereocenters. The maximum absolute atomic E-state index is 13.2. The number of hydrogen-bond acceptors (Lipinski definition) is 5. The second-order valence-corrected chi connectivity index (χ2v) is 8.54. The number of carbonyl (C=O) groups is 2. The van der Waals surface area contributed by atoms with Gasteiger partial charge in [-0.05, 0) is 43.2 Å². The number of hydrogen-bond donors (Lipinski definition) is 1. The molecule has 0 aromatic heterocycles. The van der Waals surface area contributed by atoms with Crippen LogP contribution in [-0.4, -0.2) is 63.3 Å². The van der Waals surface area contributed by atoms with E-state index in [0.717, 1.165) is 37.9 Å². The number of aryl methyl sites for hydroxylation is 1. The van der Waals surface area contributed by atoms with E-state index in [0.29, 0.717) is 12.4 Å². The van der Waals surface area contributed by atoms with Crippen molar-refractivity contribution in [2.75, 3.05) is 18.2 Å². The Morgan fingerprint density at radius 2 is 1.96 bits per heavy atom. The molecule has 27 heavy (non-hydrogen) atoms. The minimum Gasteiger partial charge on any atom is -0.411 e. The van der Waals surface area contributed by atoms with Gasteiger partial charge in [0.05, 0.1) is 18.1 Å². The van der Waals surface area contributed by atoms with Crippen LogP contribution in [0, 0.1) is 5.92 Å². The van der Waals surface area contributed by atoms with Gasteiger partial charge in [-0.25, -0.2) is 0 Å². The minimum absolute atomic E-state index is 0.00744. The fourth-order valence-corrected chi connectivity index (χ4v) is 5.64. The Morgan fingerprint density at radius 3 is 2.78 bits per heavy atom. The topological polar surface area (TPSA) is 73.2 Å². The summed E-state index contributed by atoms with van der Waals surface area (Å²) in [5, 5.41) is 12.0. The van der Waals surface area contributed by atoms with Gasteiger partial charge >= 0.3 is 0 Å². The smallest absolute Gasteiger partial charge is 0.246 e. The third-order valence-corrected chi connectivity index (χ3v) is 7.00. The third-order valence-electron chi connectivity index (χ3n) is 5.96. The zero-order valence-electron chi connectivity index (χ0n) is 15.3. The highest BCUT2D eigenvalue weighted by Crippen LogP contribution is 2.31. The minimum atomic E-state index is -0.372. The molecule has 2 heterocycles. The predicted molar refractivity (Wildman–Crippen MR) is 105 cm³/mol. The Morgan fingerprint density at radius 1 is 1.15 bits per heavy atom. The molecule has 3 aliphatic rings. The average Bonchev–Trinajstić information content (AvgIpc) is 3.36. The number of oxime groups is 1. The summed E-state index contributed by atoms with van der Waals surface area (Å²) < 4.78 is 0. The number of rotatable bonds is 3. The van der Waals surface area contributed by atoms with E-state index in [1.807, 2.05) is 11.0 Å². The molecule has 7 heteroatoms. The summed E-state index contributed by atoms with van der Waals surface area (Å²) in [7, 11) is 0. The Kier molecular flexibility index (Phi) is 5.38. The first-order chi connectivity index (χ1) is 13.2. The van der Waals surface area contributed by atoms with Gasteiger partial charge < -0.3 is 15.0 Å². The number of carbonyl (C=O) groups excluding carboxylic acids is 2. The highest BCUT2D eigenvalue weighted by molar-refractivity contribution is 7.99. The summed E-state index contributed by atoms with van der Waals surface area (Å²) in [5.41, 5.74) is 2.61. The molecule has 1 aliphatic carbocycles. The zero-order valence-corrected chi connectivity index (χ0v) is 16.1. The van der Waals surface area contributed by atoms with Gasteiger partial charge in [-0.1, -0.05) is 29.4 Å². The molecule has 144 valence electrons. The van der Waals surface area contributed by atoms with E-state index in [1.54, 1.807) is 16.7 Å². The van der Waals surface area contributed by atoms with Crippen LogP contribution in [0.1, 0.15) is 30.4 Å². The van der Waals surface area contributed by atoms with Crippen molar-refractivity contribution in [2.45, 2.75) is 44.2 Å². The first kappa shape index (κ1) is 18.3. The van der Waals surface area contributed by atoms with Crippen LogP contribution in [0.15, 0.2) is 29.4 Å². The summed E-state index contributed by atoms with van der Waals surface area (Å²) in [4.78, 5) is 29.9. The van der Waals surface area contributed by atoms with E-state index in [-0.39, 0.29) is 29.8 Å². The van der Waals surface area contributed by atoms with E-state index in [1.165, 1.54) is 17.3 Å². The second-order valence-electron chi connectivity index (χ2n) is 7.54. The van der Waals surface area contributed by atoms with Crippen LogP contribution in [0.2, 0.25) is 0 Å². The van der Waals surface area contributed by atoms with Crippen LogP contribution in [0.5, 0.6) is 0 Å². The molecular weight excluding hydrogens is 362 g/mol. The monoisotopic (exact) mass is 387 g/mol. The van der Waals surface area contributed by atoms with Crippen LogP contribution in [-0.2, 0) is 22.4 Å². The van der Waals surface area contributed by atoms with Crippen LogP contribution < -0.4 is 0 Å². The van der Waals surface area contributed by atoms with Crippen molar-refractivity contribution in [3.8, 4) is 0 Å². The number of benzene rings is 1. The Hall–Kier alpha value is -2.02. The molecule has 0 radical (unpaired) electrons. The van der Waals surface area contributed by atoms with Crippen molar-refractivity contribution in [1.29, 1.82) is 0 Å². The normalized spacial score (nSPS) is 27.9. The molecular formula is C20H25N3O3S. The van der Waals surface area contributed by atoms with Crippen LogP contribution in [0.4, 0.5) is 0 Å². The largest absolute Gasteiger partial charge is 0.411 e. The molecule has 1 aromatic carbocycles. The van der Waals surface area contributed by atoms with Crippen molar-refractivity contribution >= 4 is 29.8 Å². The summed E-state index contributed by atoms with van der Waals surface area (Å²) in [6.45, 7) is 0.660. The molecule has 1 N–H and O–H groups in total. The molecule has 2 aliphatic heterocycles. The Labute approximate surface area is 163 Å². The van der Waals surface area contributed by atoms with Crippen LogP contribution >= 0.6 is 11.8 Å². The van der Waals surface area contributed by atoms with Crippen molar-refractivity contribution in [3.05, 3.63) is 35.4 Å². The molecule has 1 aromatic rings. The zero-order chi connectivity index (χ0) is 18.8. The lowest BCUT2D eigenvalue weighted by Crippen LogP contribution is -2.51. The highest BCUT2D eigenvalue weighted by Gasteiger charge is 2.41. The van der Waals surface area contributed by atoms with Crippen LogP contribution in [0.25, 0.3) is 0 Å². The maximum Gasteiger partial charge on any atom is 0.246 e. The van der Waals surface area contributed by atoms with Gasteiger partial charge in [0, 0.05) is 18.2 Å². The molecule has 0 spiro atoms. The van der Waals surface area contributed by atoms with E-state index in [4.69, 9.17) is 5.21 Å². The number of nitrogens with zero attached hydrogens (tertiary/aromatic N) is 3. The van der Waals surface area contributed by atoms with Crippen molar-refractivity contribution < 1.29 is 14.8 Å². The van der Waals surface area contributed by atoms with Gasteiger partial charge in [0.25, 0.3) is 0 Å². The van der Waals surface area contributed by atoms with Crippen molar-refractivity contribution in [1.82, 2.24) is 9.80 Å². The third kappa shape index (κ3) is 3.57. The van der Waals surface area contributed by atoms with E-state index in [2.05, 4.69) is 23.4 Å². The molecule has 0 unspecified atom stereocenters. The first-order valence-electron chi connectivity index (χ1n) is 9.62. The lowest BCUT2D eigenvalue weighted by atomic mass is 9.83. The molecule has 0 bridgehead atoms. The molecule has 2 saturated heterocycles. The molecule has 6 nitrogen and oxygen atoms in total. The molecule has 0 saturated carbocycles. The molecule has 4 rings (SSSR count). The number of fused-ring (bicyclic) bond motifs is 1. The van der Waals surface area contributed by atoms with Gasteiger partial charge in [0.2, 0.25) is 11.8 Å². The fraction of sp³-hybridized carbons (Fsp3) is 0.550. The molecule has 2 amide bonds. The van der Waals surface area contributed by atoms with E-state index in [9.17, 15) is 9.59 Å². The summed E-state index contributed by atoms with van der Waals surface area (Å²) >= 11 is 1.65. The first-order valence-corrected chi connectivity index (χ1v) is 10.8.